The number of hydrogen-bond acceptors (Lipinski definition) is 5. The van der Waals surface area contributed by atoms with Crippen molar-refractivity contribution >= 4 is 11.7 Å². The van der Waals surface area contributed by atoms with Gasteiger partial charge in [0.2, 0.25) is 5.91 Å². The van der Waals surface area contributed by atoms with E-state index in [0.717, 1.165) is 62.6 Å². The number of aromatic nitrogens is 2. The number of likely N-dealkylation sites (tertiary alicyclic amines) is 1. The van der Waals surface area contributed by atoms with Gasteiger partial charge in [-0.1, -0.05) is 11.2 Å². The van der Waals surface area contributed by atoms with E-state index in [1.807, 2.05) is 42.3 Å². The Labute approximate surface area is 147 Å². The van der Waals surface area contributed by atoms with Crippen LogP contribution < -0.4 is 4.90 Å². The number of aryl methyl sites for hydroxylation is 1. The molecule has 2 saturated heterocycles. The minimum atomic E-state index is 0.0281. The smallest absolute Gasteiger partial charge is 0.228 e. The number of pyridine rings is 1. The van der Waals surface area contributed by atoms with Crippen molar-refractivity contribution in [3.05, 3.63) is 41.9 Å². The molecule has 0 N–H and O–H groups in total. The number of hydrogen-bond donors (Lipinski definition) is 0. The fourth-order valence-electron chi connectivity index (χ4n) is 4.03. The van der Waals surface area contributed by atoms with Gasteiger partial charge in [0.05, 0.1) is 17.7 Å². The Morgan fingerprint density at radius 3 is 2.88 bits per heavy atom. The van der Waals surface area contributed by atoms with Gasteiger partial charge in [-0.3, -0.25) is 4.79 Å². The molecular formula is C19H24N4O2. The second kappa shape index (κ2) is 6.86. The number of carbonyl (C=O) groups is 1. The van der Waals surface area contributed by atoms with E-state index in [4.69, 9.17) is 4.52 Å². The molecule has 2 aromatic heterocycles. The topological polar surface area (TPSA) is 62.5 Å². The summed E-state index contributed by atoms with van der Waals surface area (Å²) in [5.74, 6) is 2.06. The third-order valence-electron chi connectivity index (χ3n) is 5.25. The van der Waals surface area contributed by atoms with E-state index < -0.39 is 0 Å². The first-order valence-corrected chi connectivity index (χ1v) is 9.12. The second-order valence-electron chi connectivity index (χ2n) is 7.03. The second-order valence-corrected chi connectivity index (χ2v) is 7.03. The van der Waals surface area contributed by atoms with Crippen LogP contribution in [-0.2, 0) is 4.79 Å². The lowest BCUT2D eigenvalue weighted by molar-refractivity contribution is -0.137. The van der Waals surface area contributed by atoms with Crippen molar-refractivity contribution in [1.82, 2.24) is 15.0 Å². The molecule has 6 nitrogen and oxygen atoms in total. The van der Waals surface area contributed by atoms with Crippen LogP contribution in [-0.4, -0.2) is 40.6 Å². The quantitative estimate of drug-likeness (QED) is 0.859. The SMILES string of the molecule is Cc1cc([C@H]2CCCN2C(=O)[C@H]2CCCN(c3ccccn3)C2)on1. The lowest BCUT2D eigenvalue weighted by atomic mass is 9.96. The Balaban J connectivity index is 1.48. The number of rotatable bonds is 3. The molecule has 6 heteroatoms. The lowest BCUT2D eigenvalue weighted by Gasteiger charge is -2.35. The summed E-state index contributed by atoms with van der Waals surface area (Å²) in [4.78, 5) is 21.9. The van der Waals surface area contributed by atoms with Crippen molar-refractivity contribution < 1.29 is 9.32 Å². The van der Waals surface area contributed by atoms with Crippen LogP contribution in [0.3, 0.4) is 0 Å². The molecule has 0 saturated carbocycles. The maximum absolute atomic E-state index is 13.2. The van der Waals surface area contributed by atoms with Gasteiger partial charge >= 0.3 is 0 Å². The van der Waals surface area contributed by atoms with Crippen LogP contribution in [0.25, 0.3) is 0 Å². The van der Waals surface area contributed by atoms with Crippen LogP contribution in [0.5, 0.6) is 0 Å². The van der Waals surface area contributed by atoms with Crippen molar-refractivity contribution in [2.45, 2.75) is 38.6 Å². The van der Waals surface area contributed by atoms with Gasteiger partial charge in [-0.2, -0.15) is 0 Å². The molecule has 2 aliphatic heterocycles. The van der Waals surface area contributed by atoms with Crippen molar-refractivity contribution in [2.24, 2.45) is 5.92 Å². The summed E-state index contributed by atoms with van der Waals surface area (Å²) in [7, 11) is 0. The van der Waals surface area contributed by atoms with Gasteiger partial charge in [-0.15, -0.1) is 0 Å². The van der Waals surface area contributed by atoms with Crippen molar-refractivity contribution in [3.8, 4) is 0 Å². The van der Waals surface area contributed by atoms with Gasteiger partial charge in [-0.25, -0.2) is 4.98 Å². The predicted octanol–water partition coefficient (Wildman–Crippen LogP) is 2.96. The molecule has 0 bridgehead atoms. The molecule has 132 valence electrons. The van der Waals surface area contributed by atoms with Crippen molar-refractivity contribution in [3.63, 3.8) is 0 Å². The summed E-state index contributed by atoms with van der Waals surface area (Å²) in [5.41, 5.74) is 0.869. The van der Waals surface area contributed by atoms with Crippen LogP contribution in [0, 0.1) is 12.8 Å². The summed E-state index contributed by atoms with van der Waals surface area (Å²) in [5, 5.41) is 3.99. The molecule has 1 amide bonds. The Kier molecular flexibility index (Phi) is 4.42. The minimum absolute atomic E-state index is 0.0281. The zero-order chi connectivity index (χ0) is 17.2. The molecule has 25 heavy (non-hydrogen) atoms. The van der Waals surface area contributed by atoms with Crippen LogP contribution in [0.1, 0.15) is 43.2 Å². The van der Waals surface area contributed by atoms with E-state index in [-0.39, 0.29) is 17.9 Å². The third kappa shape index (κ3) is 3.25. The number of anilines is 1. The molecule has 4 rings (SSSR count). The zero-order valence-corrected chi connectivity index (χ0v) is 14.6. The largest absolute Gasteiger partial charge is 0.359 e. The Morgan fingerprint density at radius 2 is 2.12 bits per heavy atom. The van der Waals surface area contributed by atoms with E-state index in [0.29, 0.717) is 0 Å². The average molecular weight is 340 g/mol. The number of nitrogens with zero attached hydrogens (tertiary/aromatic N) is 4. The summed E-state index contributed by atoms with van der Waals surface area (Å²) in [6.45, 7) is 4.43. The maximum Gasteiger partial charge on any atom is 0.228 e. The summed E-state index contributed by atoms with van der Waals surface area (Å²) in [6, 6.07) is 7.93. The van der Waals surface area contributed by atoms with Gasteiger partial charge in [-0.05, 0) is 44.7 Å². The first-order valence-electron chi connectivity index (χ1n) is 9.12. The zero-order valence-electron chi connectivity index (χ0n) is 14.6. The molecule has 2 aliphatic rings. The van der Waals surface area contributed by atoms with Crippen LogP contribution in [0.4, 0.5) is 5.82 Å². The molecular weight excluding hydrogens is 316 g/mol. The van der Waals surface area contributed by atoms with Crippen LogP contribution in [0.15, 0.2) is 35.0 Å². The third-order valence-corrected chi connectivity index (χ3v) is 5.25. The molecule has 2 atom stereocenters. The van der Waals surface area contributed by atoms with Crippen LogP contribution >= 0.6 is 0 Å². The average Bonchev–Trinajstić information content (AvgIpc) is 3.30. The van der Waals surface area contributed by atoms with Gasteiger partial charge in [0.15, 0.2) is 5.76 Å². The molecule has 0 radical (unpaired) electrons. The highest BCUT2D eigenvalue weighted by Crippen LogP contribution is 2.35. The Bertz CT molecular complexity index is 730. The van der Waals surface area contributed by atoms with E-state index in [9.17, 15) is 4.79 Å². The van der Waals surface area contributed by atoms with Gasteiger partial charge in [0.25, 0.3) is 0 Å². The normalized spacial score (nSPS) is 23.9. The fourth-order valence-corrected chi connectivity index (χ4v) is 4.03. The van der Waals surface area contributed by atoms with E-state index in [1.54, 1.807) is 0 Å². The Morgan fingerprint density at radius 1 is 1.24 bits per heavy atom. The highest BCUT2D eigenvalue weighted by molar-refractivity contribution is 5.80. The summed E-state index contributed by atoms with van der Waals surface area (Å²) < 4.78 is 5.44. The van der Waals surface area contributed by atoms with E-state index >= 15 is 0 Å². The predicted molar refractivity (Wildman–Crippen MR) is 94.1 cm³/mol. The molecule has 0 aromatic carbocycles. The van der Waals surface area contributed by atoms with Gasteiger partial charge < -0.3 is 14.3 Å². The standard InChI is InChI=1S/C19H24N4O2/c1-14-12-17(25-21-14)16-7-5-11-23(16)19(24)15-6-4-10-22(13-15)18-8-2-3-9-20-18/h2-3,8-9,12,15-16H,4-7,10-11,13H2,1H3/t15-,16+/m0/s1. The molecule has 2 aromatic rings. The molecule has 2 fully saturated rings. The lowest BCUT2D eigenvalue weighted by Crippen LogP contribution is -2.45. The van der Waals surface area contributed by atoms with Crippen molar-refractivity contribution in [2.75, 3.05) is 24.5 Å². The molecule has 0 unspecified atom stereocenters. The first-order chi connectivity index (χ1) is 12.2. The highest BCUT2D eigenvalue weighted by Gasteiger charge is 2.37. The monoisotopic (exact) mass is 340 g/mol. The Hall–Kier alpha value is -2.37. The first kappa shape index (κ1) is 16.1. The maximum atomic E-state index is 13.2. The number of carbonyl (C=O) groups excluding carboxylic acids is 1. The number of amides is 1. The minimum Gasteiger partial charge on any atom is -0.359 e. The van der Waals surface area contributed by atoms with Gasteiger partial charge in [0.1, 0.15) is 5.82 Å². The summed E-state index contributed by atoms with van der Waals surface area (Å²) >= 11 is 0. The van der Waals surface area contributed by atoms with Gasteiger partial charge in [0, 0.05) is 31.9 Å². The summed E-state index contributed by atoms with van der Waals surface area (Å²) in [6.07, 6.45) is 5.75. The van der Waals surface area contributed by atoms with Crippen LogP contribution in [0.2, 0.25) is 0 Å². The molecule has 0 aliphatic carbocycles. The number of piperidine rings is 1. The fraction of sp³-hybridized carbons (Fsp3) is 0.526. The molecule has 4 heterocycles. The van der Waals surface area contributed by atoms with E-state index in [2.05, 4.69) is 15.0 Å². The van der Waals surface area contributed by atoms with E-state index in [1.165, 1.54) is 0 Å². The highest BCUT2D eigenvalue weighted by atomic mass is 16.5. The molecule has 0 spiro atoms. The van der Waals surface area contributed by atoms with Crippen molar-refractivity contribution in [1.29, 1.82) is 0 Å².